The largest absolute Gasteiger partial charge is 0.409 e. The van der Waals surface area contributed by atoms with Crippen LogP contribution in [0.15, 0.2) is 5.16 Å². The summed E-state index contributed by atoms with van der Waals surface area (Å²) < 4.78 is 10.8. The molecular formula is C10H22N2O3. The molecule has 0 aliphatic rings. The van der Waals surface area contributed by atoms with Gasteiger partial charge in [0.05, 0.1) is 18.8 Å². The lowest BCUT2D eigenvalue weighted by atomic mass is 10.2. The van der Waals surface area contributed by atoms with Crippen molar-refractivity contribution in [1.82, 2.24) is 0 Å². The van der Waals surface area contributed by atoms with Crippen LogP contribution in [0, 0.1) is 0 Å². The van der Waals surface area contributed by atoms with Crippen LogP contribution in [0.1, 0.15) is 33.6 Å². The third-order valence-electron chi connectivity index (χ3n) is 1.61. The highest BCUT2D eigenvalue weighted by atomic mass is 16.5. The average molecular weight is 218 g/mol. The van der Waals surface area contributed by atoms with Crippen LogP contribution in [0.4, 0.5) is 0 Å². The molecule has 0 aliphatic carbocycles. The van der Waals surface area contributed by atoms with E-state index in [0.717, 1.165) is 6.42 Å². The Bertz CT molecular complexity index is 188. The molecule has 0 aromatic rings. The van der Waals surface area contributed by atoms with Gasteiger partial charge in [0.1, 0.15) is 5.84 Å². The van der Waals surface area contributed by atoms with Crippen molar-refractivity contribution in [2.24, 2.45) is 10.9 Å². The van der Waals surface area contributed by atoms with Crippen molar-refractivity contribution >= 4 is 5.84 Å². The van der Waals surface area contributed by atoms with E-state index in [4.69, 9.17) is 20.4 Å². The quantitative estimate of drug-likeness (QED) is 0.222. The highest BCUT2D eigenvalue weighted by Crippen LogP contribution is 2.05. The molecule has 0 atom stereocenters. The first-order valence-corrected chi connectivity index (χ1v) is 5.14. The minimum absolute atomic E-state index is 0.114. The van der Waals surface area contributed by atoms with Crippen molar-refractivity contribution in [3.05, 3.63) is 0 Å². The van der Waals surface area contributed by atoms with Gasteiger partial charge in [-0.15, -0.1) is 0 Å². The van der Waals surface area contributed by atoms with Crippen molar-refractivity contribution in [2.75, 3.05) is 19.8 Å². The molecule has 5 heteroatoms. The van der Waals surface area contributed by atoms with Crippen molar-refractivity contribution in [3.8, 4) is 0 Å². The second-order valence-corrected chi connectivity index (χ2v) is 4.27. The lowest BCUT2D eigenvalue weighted by Crippen LogP contribution is -2.22. The SMILES string of the molecule is CC(C)(C)OCCOCCCC(N)=NO. The molecule has 0 spiro atoms. The molecule has 0 aromatic carbocycles. The van der Waals surface area contributed by atoms with Gasteiger partial charge in [-0.25, -0.2) is 0 Å². The van der Waals surface area contributed by atoms with Crippen molar-refractivity contribution in [3.63, 3.8) is 0 Å². The Morgan fingerprint density at radius 1 is 1.27 bits per heavy atom. The zero-order chi connectivity index (χ0) is 11.7. The summed E-state index contributed by atoms with van der Waals surface area (Å²) in [5.74, 6) is 0.240. The van der Waals surface area contributed by atoms with Gasteiger partial charge in [-0.1, -0.05) is 5.16 Å². The van der Waals surface area contributed by atoms with E-state index in [0.29, 0.717) is 26.2 Å². The number of ether oxygens (including phenoxy) is 2. The fraction of sp³-hybridized carbons (Fsp3) is 0.900. The summed E-state index contributed by atoms with van der Waals surface area (Å²) in [5, 5.41) is 11.1. The van der Waals surface area contributed by atoms with Gasteiger partial charge in [-0.3, -0.25) is 0 Å². The van der Waals surface area contributed by atoms with E-state index in [9.17, 15) is 0 Å². The van der Waals surface area contributed by atoms with Gasteiger partial charge in [-0.05, 0) is 27.2 Å². The number of nitrogens with two attached hydrogens (primary N) is 1. The molecule has 90 valence electrons. The van der Waals surface area contributed by atoms with Crippen LogP contribution in [0.3, 0.4) is 0 Å². The van der Waals surface area contributed by atoms with Gasteiger partial charge in [0, 0.05) is 13.0 Å². The molecular weight excluding hydrogens is 196 g/mol. The fourth-order valence-corrected chi connectivity index (χ4v) is 0.914. The van der Waals surface area contributed by atoms with E-state index in [1.807, 2.05) is 20.8 Å². The lowest BCUT2D eigenvalue weighted by Gasteiger charge is -2.19. The first-order chi connectivity index (χ1) is 6.95. The Morgan fingerprint density at radius 3 is 2.47 bits per heavy atom. The minimum Gasteiger partial charge on any atom is -0.409 e. The summed E-state index contributed by atoms with van der Waals surface area (Å²) in [7, 11) is 0. The standard InChI is InChI=1S/C10H22N2O3/c1-10(2,3)15-8-7-14-6-4-5-9(11)12-13/h13H,4-8H2,1-3H3,(H2,11,12). The second kappa shape index (κ2) is 7.48. The van der Waals surface area contributed by atoms with Crippen molar-refractivity contribution < 1.29 is 14.7 Å². The molecule has 5 nitrogen and oxygen atoms in total. The van der Waals surface area contributed by atoms with Gasteiger partial charge in [-0.2, -0.15) is 0 Å². The van der Waals surface area contributed by atoms with E-state index < -0.39 is 0 Å². The van der Waals surface area contributed by atoms with E-state index in [1.165, 1.54) is 0 Å². The van der Waals surface area contributed by atoms with Crippen LogP contribution in [0.5, 0.6) is 0 Å². The molecule has 0 bridgehead atoms. The molecule has 0 aliphatic heterocycles. The summed E-state index contributed by atoms with van der Waals surface area (Å²) in [6, 6.07) is 0. The lowest BCUT2D eigenvalue weighted by molar-refractivity contribution is -0.0348. The molecule has 3 N–H and O–H groups in total. The number of rotatable bonds is 7. The minimum atomic E-state index is -0.114. The van der Waals surface area contributed by atoms with E-state index >= 15 is 0 Å². The van der Waals surface area contributed by atoms with Gasteiger partial charge >= 0.3 is 0 Å². The summed E-state index contributed by atoms with van der Waals surface area (Å²) in [6.07, 6.45) is 1.31. The highest BCUT2D eigenvalue weighted by molar-refractivity contribution is 5.79. The average Bonchev–Trinajstić information content (AvgIpc) is 2.14. The maximum absolute atomic E-state index is 8.27. The molecule has 0 rings (SSSR count). The highest BCUT2D eigenvalue weighted by Gasteiger charge is 2.08. The number of hydrogen-bond donors (Lipinski definition) is 2. The Balaban J connectivity index is 3.19. The van der Waals surface area contributed by atoms with Gasteiger partial charge in [0.15, 0.2) is 0 Å². The molecule has 0 saturated carbocycles. The monoisotopic (exact) mass is 218 g/mol. The van der Waals surface area contributed by atoms with Crippen LogP contribution < -0.4 is 5.73 Å². The number of amidine groups is 1. The molecule has 15 heavy (non-hydrogen) atoms. The maximum Gasteiger partial charge on any atom is 0.139 e. The zero-order valence-corrected chi connectivity index (χ0v) is 9.82. The first-order valence-electron chi connectivity index (χ1n) is 5.14. The Labute approximate surface area is 91.2 Å². The predicted octanol–water partition coefficient (Wildman–Crippen LogP) is 1.34. The summed E-state index contributed by atoms with van der Waals surface area (Å²) >= 11 is 0. The molecule has 0 radical (unpaired) electrons. The third kappa shape index (κ3) is 11.1. The summed E-state index contributed by atoms with van der Waals surface area (Å²) in [5.41, 5.74) is 5.18. The molecule has 0 fully saturated rings. The van der Waals surface area contributed by atoms with Crippen molar-refractivity contribution in [2.45, 2.75) is 39.2 Å². The topological polar surface area (TPSA) is 77.1 Å². The number of nitrogens with zero attached hydrogens (tertiary/aromatic N) is 1. The van der Waals surface area contributed by atoms with Gasteiger partial charge < -0.3 is 20.4 Å². The van der Waals surface area contributed by atoms with E-state index in [2.05, 4.69) is 5.16 Å². The van der Waals surface area contributed by atoms with E-state index in [1.54, 1.807) is 0 Å². The molecule has 0 heterocycles. The van der Waals surface area contributed by atoms with Gasteiger partial charge in [0.25, 0.3) is 0 Å². The van der Waals surface area contributed by atoms with E-state index in [-0.39, 0.29) is 11.4 Å². The Hall–Kier alpha value is -0.810. The molecule has 0 saturated heterocycles. The Morgan fingerprint density at radius 2 is 1.93 bits per heavy atom. The first kappa shape index (κ1) is 14.2. The van der Waals surface area contributed by atoms with Crippen LogP contribution in [0.25, 0.3) is 0 Å². The summed E-state index contributed by atoms with van der Waals surface area (Å²) in [6.45, 7) is 7.78. The number of hydrogen-bond acceptors (Lipinski definition) is 4. The van der Waals surface area contributed by atoms with Crippen LogP contribution in [0.2, 0.25) is 0 Å². The Kier molecular flexibility index (Phi) is 7.07. The third-order valence-corrected chi connectivity index (χ3v) is 1.61. The van der Waals surface area contributed by atoms with Crippen LogP contribution in [-0.4, -0.2) is 36.5 Å². The number of oxime groups is 1. The predicted molar refractivity (Wildman–Crippen MR) is 59.2 cm³/mol. The molecule has 0 aromatic heterocycles. The fourth-order valence-electron chi connectivity index (χ4n) is 0.914. The molecule has 0 unspecified atom stereocenters. The zero-order valence-electron chi connectivity index (χ0n) is 9.82. The van der Waals surface area contributed by atoms with Gasteiger partial charge in [0.2, 0.25) is 0 Å². The summed E-state index contributed by atoms with van der Waals surface area (Å²) in [4.78, 5) is 0. The second-order valence-electron chi connectivity index (χ2n) is 4.27. The molecule has 0 amide bonds. The van der Waals surface area contributed by atoms with Crippen molar-refractivity contribution in [1.29, 1.82) is 0 Å². The maximum atomic E-state index is 8.27. The smallest absolute Gasteiger partial charge is 0.139 e. The van der Waals surface area contributed by atoms with Crippen LogP contribution >= 0.6 is 0 Å². The van der Waals surface area contributed by atoms with Crippen LogP contribution in [-0.2, 0) is 9.47 Å². The normalized spacial score (nSPS) is 13.1.